The number of ether oxygens (including phenoxy) is 2. The van der Waals surface area contributed by atoms with Gasteiger partial charge >= 0.3 is 0 Å². The zero-order valence-corrected chi connectivity index (χ0v) is 17.2. The molecule has 1 heterocycles. The Balaban J connectivity index is 1.53. The molecule has 7 heteroatoms. The van der Waals surface area contributed by atoms with Crippen molar-refractivity contribution in [2.45, 2.75) is 25.9 Å². The Morgan fingerprint density at radius 2 is 1.79 bits per heavy atom. The first kappa shape index (κ1) is 21.0. The Morgan fingerprint density at radius 3 is 2.48 bits per heavy atom. The molecule has 1 aliphatic heterocycles. The number of halogens is 1. The standard InChI is InChI=1S/C22H25ClN2O4/c1-28-20-14-17(22(27)24-11-10-21(26)25-12-2-3-13-25)6-9-19(20)29-15-16-4-7-18(23)8-5-16/h4-9,14H,2-3,10-13,15H2,1H3,(H,24,27). The molecule has 3 rings (SSSR count). The van der Waals surface area contributed by atoms with E-state index >= 15 is 0 Å². The van der Waals surface area contributed by atoms with Crippen molar-refractivity contribution >= 4 is 23.4 Å². The Hall–Kier alpha value is -2.73. The number of amides is 2. The molecular formula is C22H25ClN2O4. The van der Waals surface area contributed by atoms with E-state index in [1.54, 1.807) is 30.3 Å². The highest BCUT2D eigenvalue weighted by molar-refractivity contribution is 6.30. The highest BCUT2D eigenvalue weighted by atomic mass is 35.5. The van der Waals surface area contributed by atoms with Crippen LogP contribution in [0.2, 0.25) is 5.02 Å². The topological polar surface area (TPSA) is 67.9 Å². The number of nitrogens with one attached hydrogen (secondary N) is 1. The number of nitrogens with zero attached hydrogens (tertiary/aromatic N) is 1. The van der Waals surface area contributed by atoms with Crippen LogP contribution in [-0.4, -0.2) is 43.5 Å². The van der Waals surface area contributed by atoms with E-state index < -0.39 is 0 Å². The Morgan fingerprint density at radius 1 is 1.07 bits per heavy atom. The summed E-state index contributed by atoms with van der Waals surface area (Å²) in [6.07, 6.45) is 2.43. The first-order valence-corrected chi connectivity index (χ1v) is 10.1. The first-order chi connectivity index (χ1) is 14.1. The Bertz CT molecular complexity index is 848. The molecule has 1 fully saturated rings. The summed E-state index contributed by atoms with van der Waals surface area (Å²) < 4.78 is 11.2. The molecule has 0 atom stereocenters. The van der Waals surface area contributed by atoms with Gasteiger partial charge in [-0.25, -0.2) is 0 Å². The highest BCUT2D eigenvalue weighted by Gasteiger charge is 2.18. The maximum absolute atomic E-state index is 12.4. The molecule has 0 unspecified atom stereocenters. The van der Waals surface area contributed by atoms with Crippen LogP contribution >= 0.6 is 11.6 Å². The second kappa shape index (κ2) is 10.2. The zero-order valence-electron chi connectivity index (χ0n) is 16.4. The van der Waals surface area contributed by atoms with Gasteiger partial charge in [-0.1, -0.05) is 23.7 Å². The quantitative estimate of drug-likeness (QED) is 0.713. The van der Waals surface area contributed by atoms with Gasteiger partial charge in [0.25, 0.3) is 5.91 Å². The minimum Gasteiger partial charge on any atom is -0.493 e. The highest BCUT2D eigenvalue weighted by Crippen LogP contribution is 2.29. The van der Waals surface area contributed by atoms with E-state index in [-0.39, 0.29) is 11.8 Å². The number of likely N-dealkylation sites (tertiary alicyclic amines) is 1. The van der Waals surface area contributed by atoms with E-state index in [9.17, 15) is 9.59 Å². The number of rotatable bonds is 8. The fourth-order valence-electron chi connectivity index (χ4n) is 3.18. The van der Waals surface area contributed by atoms with Crippen LogP contribution in [0.3, 0.4) is 0 Å². The smallest absolute Gasteiger partial charge is 0.251 e. The van der Waals surface area contributed by atoms with Crippen molar-refractivity contribution in [2.24, 2.45) is 0 Å². The maximum atomic E-state index is 12.4. The largest absolute Gasteiger partial charge is 0.493 e. The van der Waals surface area contributed by atoms with Gasteiger partial charge in [-0.05, 0) is 48.7 Å². The molecular weight excluding hydrogens is 392 g/mol. The average molecular weight is 417 g/mol. The van der Waals surface area contributed by atoms with E-state index in [2.05, 4.69) is 5.32 Å². The van der Waals surface area contributed by atoms with Crippen LogP contribution in [0.25, 0.3) is 0 Å². The molecule has 1 aliphatic rings. The number of hydrogen-bond donors (Lipinski definition) is 1. The third kappa shape index (κ3) is 5.87. The molecule has 2 amide bonds. The van der Waals surface area contributed by atoms with Crippen molar-refractivity contribution in [3.63, 3.8) is 0 Å². The van der Waals surface area contributed by atoms with E-state index in [1.807, 2.05) is 17.0 Å². The van der Waals surface area contributed by atoms with Crippen molar-refractivity contribution in [2.75, 3.05) is 26.7 Å². The normalized spacial score (nSPS) is 13.2. The fraction of sp³-hybridized carbons (Fsp3) is 0.364. The molecule has 1 N–H and O–H groups in total. The van der Waals surface area contributed by atoms with Crippen LogP contribution in [-0.2, 0) is 11.4 Å². The first-order valence-electron chi connectivity index (χ1n) is 9.68. The number of carbonyl (C=O) groups is 2. The molecule has 0 saturated carbocycles. The third-order valence-corrected chi connectivity index (χ3v) is 5.07. The molecule has 0 aromatic heterocycles. The predicted molar refractivity (Wildman–Crippen MR) is 112 cm³/mol. The maximum Gasteiger partial charge on any atom is 0.251 e. The van der Waals surface area contributed by atoms with Gasteiger partial charge in [0.15, 0.2) is 11.5 Å². The summed E-state index contributed by atoms with van der Waals surface area (Å²) in [6, 6.07) is 12.4. The van der Waals surface area contributed by atoms with Gasteiger partial charge in [0.05, 0.1) is 7.11 Å². The summed E-state index contributed by atoms with van der Waals surface area (Å²) in [5.74, 6) is 0.857. The van der Waals surface area contributed by atoms with Crippen molar-refractivity contribution in [3.05, 3.63) is 58.6 Å². The second-order valence-electron chi connectivity index (χ2n) is 6.87. The van der Waals surface area contributed by atoms with Gasteiger partial charge in [-0.15, -0.1) is 0 Å². The number of benzene rings is 2. The van der Waals surface area contributed by atoms with Crippen LogP contribution in [0.5, 0.6) is 11.5 Å². The van der Waals surface area contributed by atoms with Crippen LogP contribution in [0.15, 0.2) is 42.5 Å². The molecule has 0 radical (unpaired) electrons. The van der Waals surface area contributed by atoms with Crippen molar-refractivity contribution in [3.8, 4) is 11.5 Å². The molecule has 0 aliphatic carbocycles. The number of methoxy groups -OCH3 is 1. The summed E-state index contributed by atoms with van der Waals surface area (Å²) >= 11 is 5.89. The molecule has 1 saturated heterocycles. The van der Waals surface area contributed by atoms with Gasteiger partial charge in [-0.2, -0.15) is 0 Å². The SMILES string of the molecule is COc1cc(C(=O)NCCC(=O)N2CCCC2)ccc1OCc1ccc(Cl)cc1. The van der Waals surface area contributed by atoms with E-state index in [1.165, 1.54) is 7.11 Å². The van der Waals surface area contributed by atoms with E-state index in [4.69, 9.17) is 21.1 Å². The van der Waals surface area contributed by atoms with Crippen molar-refractivity contribution in [1.82, 2.24) is 10.2 Å². The lowest BCUT2D eigenvalue weighted by atomic mass is 10.2. The van der Waals surface area contributed by atoms with Gasteiger partial charge in [0, 0.05) is 36.6 Å². The molecule has 0 bridgehead atoms. The van der Waals surface area contributed by atoms with Crippen LogP contribution < -0.4 is 14.8 Å². The second-order valence-corrected chi connectivity index (χ2v) is 7.31. The molecule has 6 nitrogen and oxygen atoms in total. The van der Waals surface area contributed by atoms with Crippen LogP contribution in [0.4, 0.5) is 0 Å². The molecule has 2 aromatic rings. The Kier molecular flexibility index (Phi) is 7.36. The zero-order chi connectivity index (χ0) is 20.6. The lowest BCUT2D eigenvalue weighted by Gasteiger charge is -2.15. The molecule has 154 valence electrons. The summed E-state index contributed by atoms with van der Waals surface area (Å²) in [4.78, 5) is 26.3. The Labute approximate surface area is 175 Å². The van der Waals surface area contributed by atoms with Crippen LogP contribution in [0.1, 0.15) is 35.2 Å². The predicted octanol–water partition coefficient (Wildman–Crippen LogP) is 3.67. The average Bonchev–Trinajstić information content (AvgIpc) is 3.28. The fourth-order valence-corrected chi connectivity index (χ4v) is 3.31. The van der Waals surface area contributed by atoms with Crippen LogP contribution in [0, 0.1) is 0 Å². The summed E-state index contributed by atoms with van der Waals surface area (Å²) in [5.41, 5.74) is 1.43. The van der Waals surface area contributed by atoms with Crippen molar-refractivity contribution < 1.29 is 19.1 Å². The minimum absolute atomic E-state index is 0.0892. The van der Waals surface area contributed by atoms with E-state index in [0.29, 0.717) is 41.7 Å². The molecule has 29 heavy (non-hydrogen) atoms. The van der Waals surface area contributed by atoms with Gasteiger partial charge in [-0.3, -0.25) is 9.59 Å². The minimum atomic E-state index is -0.248. The number of carbonyl (C=O) groups excluding carboxylic acids is 2. The summed E-state index contributed by atoms with van der Waals surface area (Å²) in [7, 11) is 1.53. The van der Waals surface area contributed by atoms with Gasteiger partial charge in [0.1, 0.15) is 6.61 Å². The van der Waals surface area contributed by atoms with Gasteiger partial charge in [0.2, 0.25) is 5.91 Å². The third-order valence-electron chi connectivity index (χ3n) is 4.82. The molecule has 0 spiro atoms. The lowest BCUT2D eigenvalue weighted by molar-refractivity contribution is -0.129. The van der Waals surface area contributed by atoms with E-state index in [0.717, 1.165) is 31.5 Å². The summed E-state index contributed by atoms with van der Waals surface area (Å²) in [6.45, 7) is 2.31. The van der Waals surface area contributed by atoms with Gasteiger partial charge < -0.3 is 19.7 Å². The lowest BCUT2D eigenvalue weighted by Crippen LogP contribution is -2.32. The van der Waals surface area contributed by atoms with Crippen molar-refractivity contribution in [1.29, 1.82) is 0 Å². The molecule has 2 aromatic carbocycles. The summed E-state index contributed by atoms with van der Waals surface area (Å²) in [5, 5.41) is 3.46. The monoisotopic (exact) mass is 416 g/mol. The number of hydrogen-bond acceptors (Lipinski definition) is 4.